The summed E-state index contributed by atoms with van der Waals surface area (Å²) in [4.78, 5) is 11.8. The van der Waals surface area contributed by atoms with Gasteiger partial charge in [-0.3, -0.25) is 4.79 Å². The molecule has 7 heteroatoms. The number of methoxy groups -OCH3 is 4. The molecule has 0 heterocycles. The summed E-state index contributed by atoms with van der Waals surface area (Å²) in [5, 5.41) is 13.3. The number of amides is 1. The first-order chi connectivity index (χ1) is 13.4. The molecule has 0 fully saturated rings. The molecule has 0 bridgehead atoms. The lowest BCUT2D eigenvalue weighted by Crippen LogP contribution is -2.26. The number of ether oxygens (including phenoxy) is 4. The van der Waals surface area contributed by atoms with Gasteiger partial charge < -0.3 is 29.4 Å². The van der Waals surface area contributed by atoms with Crippen LogP contribution >= 0.6 is 0 Å². The van der Waals surface area contributed by atoms with Crippen LogP contribution in [0.2, 0.25) is 0 Å². The van der Waals surface area contributed by atoms with E-state index in [9.17, 15) is 9.90 Å². The molecule has 1 aliphatic rings. The second-order valence-electron chi connectivity index (χ2n) is 6.58. The van der Waals surface area contributed by atoms with Crippen molar-refractivity contribution in [2.24, 2.45) is 0 Å². The van der Waals surface area contributed by atoms with Crippen molar-refractivity contribution in [2.45, 2.75) is 25.8 Å². The number of hydrogen-bond donors (Lipinski definition) is 2. The molecule has 1 amide bonds. The Morgan fingerprint density at radius 1 is 1.00 bits per heavy atom. The summed E-state index contributed by atoms with van der Waals surface area (Å²) in [6, 6.07) is 5.06. The fourth-order valence-electron chi connectivity index (χ4n) is 3.80. The van der Waals surface area contributed by atoms with Crippen molar-refractivity contribution in [1.82, 2.24) is 5.32 Å². The van der Waals surface area contributed by atoms with Crippen LogP contribution < -0.4 is 24.3 Å². The van der Waals surface area contributed by atoms with Gasteiger partial charge in [0.1, 0.15) is 0 Å². The topological polar surface area (TPSA) is 86.3 Å². The maximum absolute atomic E-state index is 11.8. The molecule has 3 rings (SSSR count). The molecule has 0 saturated heterocycles. The maximum Gasteiger partial charge on any atom is 0.217 e. The normalized spacial score (nSPS) is 15.0. The summed E-state index contributed by atoms with van der Waals surface area (Å²) >= 11 is 0. The quantitative estimate of drug-likeness (QED) is 0.819. The van der Waals surface area contributed by atoms with Gasteiger partial charge in [-0.25, -0.2) is 0 Å². The first kappa shape index (κ1) is 19.7. The molecular formula is C21H25NO6. The monoisotopic (exact) mass is 387 g/mol. The molecule has 28 heavy (non-hydrogen) atoms. The second kappa shape index (κ2) is 7.88. The van der Waals surface area contributed by atoms with Crippen LogP contribution in [-0.2, 0) is 11.2 Å². The van der Waals surface area contributed by atoms with Crippen molar-refractivity contribution in [3.8, 4) is 39.9 Å². The molecule has 2 aromatic rings. The zero-order valence-electron chi connectivity index (χ0n) is 16.7. The highest BCUT2D eigenvalue weighted by molar-refractivity contribution is 5.85. The lowest BCUT2D eigenvalue weighted by molar-refractivity contribution is -0.119. The Morgan fingerprint density at radius 2 is 1.68 bits per heavy atom. The number of phenols is 1. The van der Waals surface area contributed by atoms with Crippen LogP contribution in [0, 0.1) is 0 Å². The van der Waals surface area contributed by atoms with Crippen molar-refractivity contribution in [1.29, 1.82) is 0 Å². The molecule has 0 spiro atoms. The smallest absolute Gasteiger partial charge is 0.217 e. The maximum atomic E-state index is 11.8. The zero-order valence-corrected chi connectivity index (χ0v) is 16.7. The van der Waals surface area contributed by atoms with Crippen LogP contribution in [0.15, 0.2) is 18.2 Å². The molecule has 0 unspecified atom stereocenters. The lowest BCUT2D eigenvalue weighted by Gasteiger charge is -2.22. The third kappa shape index (κ3) is 3.28. The van der Waals surface area contributed by atoms with E-state index in [0.717, 1.165) is 22.3 Å². The highest BCUT2D eigenvalue weighted by atomic mass is 16.5. The van der Waals surface area contributed by atoms with Crippen molar-refractivity contribution >= 4 is 5.91 Å². The minimum atomic E-state index is -0.265. The molecule has 0 aromatic heterocycles. The fourth-order valence-corrected chi connectivity index (χ4v) is 3.80. The standard InChI is InChI=1S/C21H25NO6/c1-11(23)22-15-7-6-12-8-18(26-3)20(27-4)21(28-5)19(12)14-10-17(25-2)16(24)9-13(14)15/h8-10,15,24H,6-7H2,1-5H3,(H,22,23)/t15-/m0/s1. The van der Waals surface area contributed by atoms with E-state index in [-0.39, 0.29) is 17.7 Å². The molecule has 0 saturated carbocycles. The Bertz CT molecular complexity index is 908. The van der Waals surface area contributed by atoms with Gasteiger partial charge in [0, 0.05) is 12.5 Å². The van der Waals surface area contributed by atoms with Crippen molar-refractivity contribution in [2.75, 3.05) is 28.4 Å². The Morgan fingerprint density at radius 3 is 2.25 bits per heavy atom. The van der Waals surface area contributed by atoms with E-state index in [4.69, 9.17) is 18.9 Å². The highest BCUT2D eigenvalue weighted by Crippen LogP contribution is 2.52. The summed E-state index contributed by atoms with van der Waals surface area (Å²) in [7, 11) is 6.21. The fraction of sp³-hybridized carbons (Fsp3) is 0.381. The minimum Gasteiger partial charge on any atom is -0.504 e. The molecular weight excluding hydrogens is 362 g/mol. The summed E-state index contributed by atoms with van der Waals surface area (Å²) in [5.74, 6) is 1.81. The molecule has 0 radical (unpaired) electrons. The van der Waals surface area contributed by atoms with E-state index < -0.39 is 0 Å². The third-order valence-electron chi connectivity index (χ3n) is 4.99. The van der Waals surface area contributed by atoms with Crippen molar-refractivity contribution < 1.29 is 28.8 Å². The average molecular weight is 387 g/mol. The summed E-state index contributed by atoms with van der Waals surface area (Å²) in [6.45, 7) is 1.48. The van der Waals surface area contributed by atoms with Gasteiger partial charge in [0.15, 0.2) is 23.0 Å². The average Bonchev–Trinajstić information content (AvgIpc) is 2.82. The SMILES string of the molecule is COc1cc2c(cc1O)[C@@H](NC(C)=O)CCc1cc(OC)c(OC)c(OC)c1-2. The Balaban J connectivity index is 2.36. The number of fused-ring (bicyclic) bond motifs is 3. The molecule has 2 N–H and O–H groups in total. The van der Waals surface area contributed by atoms with Crippen LogP contribution in [0.4, 0.5) is 0 Å². The van der Waals surface area contributed by atoms with E-state index in [1.807, 2.05) is 6.07 Å². The Labute approximate surface area is 164 Å². The van der Waals surface area contributed by atoms with Gasteiger partial charge in [0.2, 0.25) is 11.7 Å². The predicted molar refractivity (Wildman–Crippen MR) is 105 cm³/mol. The van der Waals surface area contributed by atoms with E-state index in [0.29, 0.717) is 35.8 Å². The number of aryl methyl sites for hydroxylation is 1. The molecule has 1 aliphatic carbocycles. The number of carbonyl (C=O) groups is 1. The van der Waals surface area contributed by atoms with Crippen molar-refractivity contribution in [3.63, 3.8) is 0 Å². The largest absolute Gasteiger partial charge is 0.504 e. The van der Waals surface area contributed by atoms with Gasteiger partial charge in [-0.15, -0.1) is 0 Å². The van der Waals surface area contributed by atoms with Crippen LogP contribution in [0.25, 0.3) is 11.1 Å². The van der Waals surface area contributed by atoms with E-state index in [1.165, 1.54) is 14.0 Å². The van der Waals surface area contributed by atoms with Crippen molar-refractivity contribution in [3.05, 3.63) is 29.3 Å². The number of benzene rings is 2. The minimum absolute atomic E-state index is 0.0134. The number of phenolic OH excluding ortho intramolecular Hbond substituents is 1. The molecule has 0 aliphatic heterocycles. The van der Waals surface area contributed by atoms with Gasteiger partial charge in [-0.1, -0.05) is 0 Å². The molecule has 1 atom stereocenters. The summed E-state index contributed by atoms with van der Waals surface area (Å²) < 4.78 is 22.1. The number of hydrogen-bond acceptors (Lipinski definition) is 6. The van der Waals surface area contributed by atoms with Gasteiger partial charge >= 0.3 is 0 Å². The number of aromatic hydroxyl groups is 1. The predicted octanol–water partition coefficient (Wildman–Crippen LogP) is 3.22. The molecule has 7 nitrogen and oxygen atoms in total. The van der Waals surface area contributed by atoms with E-state index in [1.54, 1.807) is 33.5 Å². The van der Waals surface area contributed by atoms with Gasteiger partial charge in [0.25, 0.3) is 0 Å². The van der Waals surface area contributed by atoms with Gasteiger partial charge in [0.05, 0.1) is 34.5 Å². The zero-order chi connectivity index (χ0) is 20.4. The number of rotatable bonds is 5. The van der Waals surface area contributed by atoms with Crippen LogP contribution in [-0.4, -0.2) is 39.5 Å². The van der Waals surface area contributed by atoms with E-state index in [2.05, 4.69) is 5.32 Å². The summed E-state index contributed by atoms with van der Waals surface area (Å²) in [6.07, 6.45) is 1.33. The van der Waals surface area contributed by atoms with Crippen LogP contribution in [0.5, 0.6) is 28.7 Å². The first-order valence-electron chi connectivity index (χ1n) is 8.95. The number of carbonyl (C=O) groups excluding carboxylic acids is 1. The van der Waals surface area contributed by atoms with Gasteiger partial charge in [-0.05, 0) is 47.7 Å². The molecule has 2 aromatic carbocycles. The summed E-state index contributed by atoms with van der Waals surface area (Å²) in [5.41, 5.74) is 3.43. The lowest BCUT2D eigenvalue weighted by atomic mass is 9.93. The third-order valence-corrected chi connectivity index (χ3v) is 4.99. The van der Waals surface area contributed by atoms with Crippen LogP contribution in [0.1, 0.15) is 30.5 Å². The Hall–Kier alpha value is -3.09. The van der Waals surface area contributed by atoms with Gasteiger partial charge in [-0.2, -0.15) is 0 Å². The molecule has 150 valence electrons. The van der Waals surface area contributed by atoms with Crippen LogP contribution in [0.3, 0.4) is 0 Å². The Kier molecular flexibility index (Phi) is 5.53. The second-order valence-corrected chi connectivity index (χ2v) is 6.58. The number of nitrogens with one attached hydrogen (secondary N) is 1. The first-order valence-corrected chi connectivity index (χ1v) is 8.95. The van der Waals surface area contributed by atoms with E-state index >= 15 is 0 Å². The highest BCUT2D eigenvalue weighted by Gasteiger charge is 2.30.